The van der Waals surface area contributed by atoms with Crippen molar-refractivity contribution in [1.82, 2.24) is 15.0 Å². The Morgan fingerprint density at radius 1 is 1.37 bits per heavy atom. The molecule has 0 amide bonds. The lowest BCUT2D eigenvalue weighted by Crippen LogP contribution is -2.57. The summed E-state index contributed by atoms with van der Waals surface area (Å²) in [7, 11) is 1.59. The van der Waals surface area contributed by atoms with Crippen LogP contribution in [0.3, 0.4) is 0 Å². The van der Waals surface area contributed by atoms with Crippen molar-refractivity contribution in [3.05, 3.63) is 35.7 Å². The largest absolute Gasteiger partial charge is 0.481 e. The molecule has 27 heavy (non-hydrogen) atoms. The highest BCUT2D eigenvalue weighted by Crippen LogP contribution is 2.42. The number of anilines is 2. The van der Waals surface area contributed by atoms with Crippen LogP contribution in [-0.4, -0.2) is 45.9 Å². The first-order chi connectivity index (χ1) is 12.9. The lowest BCUT2D eigenvalue weighted by atomic mass is 9.64. The maximum atomic E-state index is 9.90. The SMILES string of the molecule is COc1cccc(CCNc2ncc(C#N)c(N[C@@H]3C[C@H](O)C3(C)C)n2)n1. The molecule has 2 heterocycles. The predicted octanol–water partition coefficient (Wildman–Crippen LogP) is 1.98. The quantitative estimate of drug-likeness (QED) is 0.679. The fourth-order valence-corrected chi connectivity index (χ4v) is 2.98. The molecule has 2 atom stereocenters. The van der Waals surface area contributed by atoms with Crippen molar-refractivity contribution in [2.24, 2.45) is 5.41 Å². The van der Waals surface area contributed by atoms with Crippen LogP contribution in [0.4, 0.5) is 11.8 Å². The second-order valence-corrected chi connectivity index (χ2v) is 7.19. The fraction of sp³-hybridized carbons (Fsp3) is 0.474. The Hall–Kier alpha value is -2.92. The Kier molecular flexibility index (Phi) is 5.42. The highest BCUT2D eigenvalue weighted by Gasteiger charge is 2.47. The van der Waals surface area contributed by atoms with Gasteiger partial charge in [-0.05, 0) is 12.5 Å². The number of nitriles is 1. The van der Waals surface area contributed by atoms with E-state index >= 15 is 0 Å². The smallest absolute Gasteiger partial charge is 0.224 e. The van der Waals surface area contributed by atoms with Crippen LogP contribution in [0.2, 0.25) is 0 Å². The summed E-state index contributed by atoms with van der Waals surface area (Å²) in [5.41, 5.74) is 1.02. The number of ether oxygens (including phenoxy) is 1. The van der Waals surface area contributed by atoms with Crippen LogP contribution in [0.1, 0.15) is 31.5 Å². The van der Waals surface area contributed by atoms with Gasteiger partial charge in [0, 0.05) is 36.2 Å². The first kappa shape index (κ1) is 18.9. The first-order valence-electron chi connectivity index (χ1n) is 8.89. The Morgan fingerprint density at radius 2 is 2.19 bits per heavy atom. The number of nitrogens with one attached hydrogen (secondary N) is 2. The average molecular weight is 368 g/mol. The molecule has 0 radical (unpaired) electrons. The third-order valence-electron chi connectivity index (χ3n) is 5.09. The molecule has 3 rings (SSSR count). The Balaban J connectivity index is 1.63. The first-order valence-corrected chi connectivity index (χ1v) is 8.89. The van der Waals surface area contributed by atoms with Crippen molar-refractivity contribution in [1.29, 1.82) is 5.26 Å². The van der Waals surface area contributed by atoms with Gasteiger partial charge in [0.1, 0.15) is 17.5 Å². The van der Waals surface area contributed by atoms with Gasteiger partial charge in [-0.2, -0.15) is 10.2 Å². The number of pyridine rings is 1. The third kappa shape index (κ3) is 4.09. The number of hydrogen-bond donors (Lipinski definition) is 3. The molecule has 1 saturated carbocycles. The summed E-state index contributed by atoms with van der Waals surface area (Å²) in [6.07, 6.45) is 2.47. The van der Waals surface area contributed by atoms with E-state index in [1.807, 2.05) is 26.0 Å². The molecule has 0 spiro atoms. The molecule has 2 aromatic heterocycles. The summed E-state index contributed by atoms with van der Waals surface area (Å²) in [5.74, 6) is 1.51. The van der Waals surface area contributed by atoms with E-state index in [1.165, 1.54) is 6.20 Å². The molecule has 1 aliphatic rings. The standard InChI is InChI=1S/C19H24N6O2/c1-19(2)14(9-15(19)26)24-17-12(10-20)11-22-18(25-17)21-8-7-13-5-4-6-16(23-13)27-3/h4-6,11,14-15,26H,7-9H2,1-3H3,(H2,21,22,24,25)/t14-,15+/m1/s1. The van der Waals surface area contributed by atoms with Crippen LogP contribution in [-0.2, 0) is 6.42 Å². The fourth-order valence-electron chi connectivity index (χ4n) is 2.98. The summed E-state index contributed by atoms with van der Waals surface area (Å²) in [6, 6.07) is 7.80. The molecule has 0 saturated heterocycles. The van der Waals surface area contributed by atoms with Crippen molar-refractivity contribution in [3.8, 4) is 11.9 Å². The van der Waals surface area contributed by atoms with E-state index in [0.717, 1.165) is 5.69 Å². The second-order valence-electron chi connectivity index (χ2n) is 7.19. The van der Waals surface area contributed by atoms with Crippen molar-refractivity contribution in [2.45, 2.75) is 38.8 Å². The van der Waals surface area contributed by atoms with E-state index in [9.17, 15) is 10.4 Å². The predicted molar refractivity (Wildman–Crippen MR) is 102 cm³/mol. The summed E-state index contributed by atoms with van der Waals surface area (Å²) in [4.78, 5) is 13.0. The van der Waals surface area contributed by atoms with Crippen LogP contribution < -0.4 is 15.4 Å². The zero-order valence-corrected chi connectivity index (χ0v) is 15.7. The number of rotatable bonds is 7. The van der Waals surface area contributed by atoms with Crippen LogP contribution in [0.5, 0.6) is 5.88 Å². The molecule has 1 fully saturated rings. The van der Waals surface area contributed by atoms with Gasteiger partial charge >= 0.3 is 0 Å². The maximum absolute atomic E-state index is 9.90. The molecule has 0 aliphatic heterocycles. The molecule has 3 N–H and O–H groups in total. The number of aromatic nitrogens is 3. The molecule has 0 unspecified atom stereocenters. The van der Waals surface area contributed by atoms with Gasteiger partial charge in [0.05, 0.1) is 19.4 Å². The lowest BCUT2D eigenvalue weighted by molar-refractivity contribution is -0.0511. The highest BCUT2D eigenvalue weighted by atomic mass is 16.5. The van der Waals surface area contributed by atoms with E-state index in [4.69, 9.17) is 4.74 Å². The molecule has 0 aromatic carbocycles. The van der Waals surface area contributed by atoms with Gasteiger partial charge in [-0.15, -0.1) is 0 Å². The number of methoxy groups -OCH3 is 1. The van der Waals surface area contributed by atoms with Gasteiger partial charge in [-0.3, -0.25) is 0 Å². The minimum atomic E-state index is -0.352. The number of hydrogen-bond acceptors (Lipinski definition) is 8. The van der Waals surface area contributed by atoms with Crippen molar-refractivity contribution >= 4 is 11.8 Å². The van der Waals surface area contributed by atoms with Crippen LogP contribution in [0.25, 0.3) is 0 Å². The van der Waals surface area contributed by atoms with Crippen LogP contribution in [0.15, 0.2) is 24.4 Å². The zero-order chi connectivity index (χ0) is 19.4. The number of aliphatic hydroxyl groups excluding tert-OH is 1. The molecular formula is C19H24N6O2. The molecule has 1 aliphatic carbocycles. The van der Waals surface area contributed by atoms with Gasteiger partial charge in [0.15, 0.2) is 0 Å². The van der Waals surface area contributed by atoms with E-state index in [-0.39, 0.29) is 17.6 Å². The van der Waals surface area contributed by atoms with Crippen molar-refractivity contribution in [3.63, 3.8) is 0 Å². The number of aliphatic hydroxyl groups is 1. The van der Waals surface area contributed by atoms with Crippen LogP contribution >= 0.6 is 0 Å². The van der Waals surface area contributed by atoms with Crippen molar-refractivity contribution in [2.75, 3.05) is 24.3 Å². The van der Waals surface area contributed by atoms with Gasteiger partial charge in [-0.1, -0.05) is 19.9 Å². The highest BCUT2D eigenvalue weighted by molar-refractivity contribution is 5.54. The second kappa shape index (κ2) is 7.76. The topological polar surface area (TPSA) is 116 Å². The summed E-state index contributed by atoms with van der Waals surface area (Å²) >= 11 is 0. The molecular weight excluding hydrogens is 344 g/mol. The van der Waals surface area contributed by atoms with E-state index < -0.39 is 0 Å². The minimum absolute atomic E-state index is 0.0586. The Labute approximate surface area is 158 Å². The maximum Gasteiger partial charge on any atom is 0.224 e. The van der Waals surface area contributed by atoms with E-state index in [2.05, 4.69) is 31.7 Å². The monoisotopic (exact) mass is 368 g/mol. The molecule has 142 valence electrons. The number of nitrogens with zero attached hydrogens (tertiary/aromatic N) is 4. The van der Waals surface area contributed by atoms with Gasteiger partial charge in [0.2, 0.25) is 11.8 Å². The van der Waals surface area contributed by atoms with Gasteiger partial charge < -0.3 is 20.5 Å². The van der Waals surface area contributed by atoms with Crippen molar-refractivity contribution < 1.29 is 9.84 Å². The van der Waals surface area contributed by atoms with Gasteiger partial charge in [-0.25, -0.2) is 9.97 Å². The Bertz CT molecular complexity index is 848. The minimum Gasteiger partial charge on any atom is -0.481 e. The summed E-state index contributed by atoms with van der Waals surface area (Å²) in [6.45, 7) is 4.58. The summed E-state index contributed by atoms with van der Waals surface area (Å²) < 4.78 is 5.13. The van der Waals surface area contributed by atoms with E-state index in [0.29, 0.717) is 42.6 Å². The molecule has 8 nitrogen and oxygen atoms in total. The zero-order valence-electron chi connectivity index (χ0n) is 15.7. The van der Waals surface area contributed by atoms with E-state index in [1.54, 1.807) is 13.2 Å². The van der Waals surface area contributed by atoms with Crippen LogP contribution in [0, 0.1) is 16.7 Å². The molecule has 0 bridgehead atoms. The summed E-state index contributed by atoms with van der Waals surface area (Å²) in [5, 5.41) is 25.7. The molecule has 2 aromatic rings. The van der Waals surface area contributed by atoms with Gasteiger partial charge in [0.25, 0.3) is 0 Å². The lowest BCUT2D eigenvalue weighted by Gasteiger charge is -2.49. The Morgan fingerprint density at radius 3 is 2.85 bits per heavy atom. The average Bonchev–Trinajstić information content (AvgIpc) is 2.68. The third-order valence-corrected chi connectivity index (χ3v) is 5.09. The normalized spacial score (nSPS) is 20.3. The molecule has 8 heteroatoms.